The number of fused-ring (bicyclic) bond motifs is 5. The van der Waals surface area contributed by atoms with Crippen LogP contribution in [0.3, 0.4) is 0 Å². The average molecular weight is 358 g/mol. The highest BCUT2D eigenvalue weighted by Gasteiger charge is 2.50. The lowest BCUT2D eigenvalue weighted by Crippen LogP contribution is -2.29. The summed E-state index contributed by atoms with van der Waals surface area (Å²) < 4.78 is 11.9. The zero-order valence-electron chi connectivity index (χ0n) is 15.1. The van der Waals surface area contributed by atoms with Gasteiger partial charge in [-0.25, -0.2) is 0 Å². The van der Waals surface area contributed by atoms with Crippen molar-refractivity contribution in [1.82, 2.24) is 4.90 Å². The van der Waals surface area contributed by atoms with Crippen molar-refractivity contribution in [2.24, 2.45) is 11.8 Å². The van der Waals surface area contributed by atoms with Gasteiger partial charge in [0.2, 0.25) is 0 Å². The van der Waals surface area contributed by atoms with Crippen LogP contribution in [0.25, 0.3) is 11.1 Å². The van der Waals surface area contributed by atoms with E-state index in [4.69, 9.17) is 14.7 Å². The lowest BCUT2D eigenvalue weighted by Gasteiger charge is -2.18. The third-order valence-corrected chi connectivity index (χ3v) is 6.01. The van der Waals surface area contributed by atoms with Gasteiger partial charge in [-0.3, -0.25) is 4.90 Å². The topological polar surface area (TPSA) is 45.5 Å². The quantitative estimate of drug-likeness (QED) is 0.768. The lowest BCUT2D eigenvalue weighted by molar-refractivity contribution is 0.0826. The van der Waals surface area contributed by atoms with Crippen molar-refractivity contribution < 1.29 is 9.47 Å². The highest BCUT2D eigenvalue weighted by Crippen LogP contribution is 2.43. The summed E-state index contributed by atoms with van der Waals surface area (Å²) in [4.78, 5) is 2.51. The van der Waals surface area contributed by atoms with Crippen LogP contribution >= 0.6 is 0 Å². The van der Waals surface area contributed by atoms with Gasteiger partial charge < -0.3 is 9.47 Å². The Balaban J connectivity index is 1.13. The maximum absolute atomic E-state index is 8.89. The Morgan fingerprint density at radius 1 is 0.926 bits per heavy atom. The predicted molar refractivity (Wildman–Crippen MR) is 103 cm³/mol. The Morgan fingerprint density at radius 3 is 2.11 bits per heavy atom. The van der Waals surface area contributed by atoms with Gasteiger partial charge in [0.1, 0.15) is 12.4 Å². The molecule has 0 aliphatic carbocycles. The third kappa shape index (κ3) is 3.14. The minimum absolute atomic E-state index is 0.348. The molecule has 3 heterocycles. The highest BCUT2D eigenvalue weighted by atomic mass is 16.5. The second kappa shape index (κ2) is 6.84. The molecule has 4 heteroatoms. The Kier molecular flexibility index (Phi) is 4.20. The molecule has 5 rings (SSSR count). The predicted octanol–water partition coefficient (Wildman–Crippen LogP) is 3.49. The summed E-state index contributed by atoms with van der Waals surface area (Å²) in [6.45, 7) is 3.91. The van der Waals surface area contributed by atoms with Crippen molar-refractivity contribution in [1.29, 1.82) is 5.26 Å². The number of benzene rings is 2. The van der Waals surface area contributed by atoms with E-state index in [2.05, 4.69) is 35.3 Å². The maximum Gasteiger partial charge on any atom is 0.119 e. The maximum atomic E-state index is 8.89. The monoisotopic (exact) mass is 358 g/mol. The second-order valence-electron chi connectivity index (χ2n) is 7.60. The molecule has 2 saturated heterocycles. The smallest absolute Gasteiger partial charge is 0.119 e. The Morgan fingerprint density at radius 2 is 1.52 bits per heavy atom. The van der Waals surface area contributed by atoms with Crippen molar-refractivity contribution in [3.63, 3.8) is 0 Å². The minimum atomic E-state index is 0.348. The normalized spacial score (nSPS) is 28.3. The van der Waals surface area contributed by atoms with E-state index in [1.165, 1.54) is 0 Å². The molecular weight excluding hydrogens is 336 g/mol. The molecule has 2 fully saturated rings. The molecule has 0 N–H and O–H groups in total. The van der Waals surface area contributed by atoms with Crippen molar-refractivity contribution >= 4 is 0 Å². The fraction of sp³-hybridized carbons (Fsp3) is 0.348. The number of rotatable bonds is 5. The fourth-order valence-corrected chi connectivity index (χ4v) is 4.57. The zero-order valence-corrected chi connectivity index (χ0v) is 15.1. The molecule has 2 aromatic carbocycles. The molecular formula is C23H22N2O2. The molecule has 0 unspecified atom stereocenters. The molecule has 0 aromatic heterocycles. The summed E-state index contributed by atoms with van der Waals surface area (Å²) in [6.07, 6.45) is 5.17. The second-order valence-corrected chi connectivity index (χ2v) is 7.60. The molecule has 0 saturated carbocycles. The first kappa shape index (κ1) is 16.6. The molecule has 0 spiro atoms. The van der Waals surface area contributed by atoms with Crippen LogP contribution in [-0.2, 0) is 4.74 Å². The van der Waals surface area contributed by atoms with Gasteiger partial charge in [0.15, 0.2) is 0 Å². The Labute approximate surface area is 159 Å². The molecule has 2 aromatic rings. The largest absolute Gasteiger partial charge is 0.492 e. The molecule has 0 radical (unpaired) electrons. The molecule has 2 bridgehead atoms. The summed E-state index contributed by atoms with van der Waals surface area (Å²) in [5.74, 6) is 2.25. The first-order chi connectivity index (χ1) is 13.3. The SMILES string of the molecule is N#Cc1ccc(-c2ccc(OCCN3C[C@@H]4[C@H](C3)[C@H]3C=C[C@@H]4O3)cc2)cc1. The van der Waals surface area contributed by atoms with Crippen molar-refractivity contribution in [3.05, 3.63) is 66.2 Å². The Hall–Kier alpha value is -2.61. The van der Waals surface area contributed by atoms with Gasteiger partial charge in [0, 0.05) is 31.5 Å². The summed E-state index contributed by atoms with van der Waals surface area (Å²) in [7, 11) is 0. The average Bonchev–Trinajstić information content (AvgIpc) is 3.42. The molecule has 0 amide bonds. The van der Waals surface area contributed by atoms with Crippen LogP contribution in [0.4, 0.5) is 0 Å². The summed E-state index contributed by atoms with van der Waals surface area (Å²) in [5, 5.41) is 8.89. The number of likely N-dealkylation sites (tertiary alicyclic amines) is 1. The van der Waals surface area contributed by atoms with Crippen molar-refractivity contribution in [2.75, 3.05) is 26.2 Å². The van der Waals surface area contributed by atoms with E-state index in [-0.39, 0.29) is 0 Å². The fourth-order valence-electron chi connectivity index (χ4n) is 4.57. The van der Waals surface area contributed by atoms with Gasteiger partial charge in [-0.15, -0.1) is 0 Å². The van der Waals surface area contributed by atoms with Crippen LogP contribution in [0.5, 0.6) is 5.75 Å². The standard InChI is InChI=1S/C23H22N2O2/c24-13-16-1-3-17(4-2-16)18-5-7-19(8-6-18)26-12-11-25-14-20-21(15-25)23-10-9-22(20)27-23/h1-10,20-23H,11-12,14-15H2/t20-,21+,22+,23-. The molecule has 3 aliphatic rings. The van der Waals surface area contributed by atoms with Gasteiger partial charge >= 0.3 is 0 Å². The van der Waals surface area contributed by atoms with E-state index in [0.29, 0.717) is 36.2 Å². The van der Waals surface area contributed by atoms with E-state index >= 15 is 0 Å². The van der Waals surface area contributed by atoms with Crippen molar-refractivity contribution in [2.45, 2.75) is 12.2 Å². The molecule has 4 nitrogen and oxygen atoms in total. The highest BCUT2D eigenvalue weighted by molar-refractivity contribution is 5.64. The molecule has 27 heavy (non-hydrogen) atoms. The zero-order chi connectivity index (χ0) is 18.2. The Bertz CT molecular complexity index is 862. The number of nitriles is 1. The first-order valence-electron chi connectivity index (χ1n) is 9.60. The van der Waals surface area contributed by atoms with Crippen LogP contribution in [0.15, 0.2) is 60.7 Å². The van der Waals surface area contributed by atoms with Crippen LogP contribution < -0.4 is 4.74 Å². The van der Waals surface area contributed by atoms with Gasteiger partial charge in [0.25, 0.3) is 0 Å². The number of nitrogens with zero attached hydrogens (tertiary/aromatic N) is 2. The molecule has 4 atom stereocenters. The molecule has 3 aliphatic heterocycles. The van der Waals surface area contributed by atoms with E-state index in [1.54, 1.807) is 0 Å². The lowest BCUT2D eigenvalue weighted by atomic mass is 9.86. The van der Waals surface area contributed by atoms with Gasteiger partial charge in [-0.05, 0) is 35.4 Å². The van der Waals surface area contributed by atoms with Crippen molar-refractivity contribution in [3.8, 4) is 22.9 Å². The summed E-state index contributed by atoms with van der Waals surface area (Å²) >= 11 is 0. The van der Waals surface area contributed by atoms with E-state index in [1.807, 2.05) is 36.4 Å². The number of ether oxygens (including phenoxy) is 2. The first-order valence-corrected chi connectivity index (χ1v) is 9.60. The van der Waals surface area contributed by atoms with Gasteiger partial charge in [-0.2, -0.15) is 5.26 Å². The third-order valence-electron chi connectivity index (χ3n) is 6.01. The van der Waals surface area contributed by atoms with Crippen LogP contribution in [0.1, 0.15) is 5.56 Å². The van der Waals surface area contributed by atoms with Gasteiger partial charge in [0.05, 0.1) is 23.8 Å². The van der Waals surface area contributed by atoms with Crippen LogP contribution in [-0.4, -0.2) is 43.3 Å². The number of hydrogen-bond donors (Lipinski definition) is 0. The van der Waals surface area contributed by atoms with Gasteiger partial charge in [-0.1, -0.05) is 36.4 Å². The molecule has 136 valence electrons. The van der Waals surface area contributed by atoms with E-state index in [9.17, 15) is 0 Å². The number of hydrogen-bond acceptors (Lipinski definition) is 4. The van der Waals surface area contributed by atoms with Crippen LogP contribution in [0.2, 0.25) is 0 Å². The van der Waals surface area contributed by atoms with E-state index < -0.39 is 0 Å². The van der Waals surface area contributed by atoms with Crippen LogP contribution in [0, 0.1) is 23.2 Å². The summed E-state index contributed by atoms with van der Waals surface area (Å²) in [6, 6.07) is 18.0. The summed E-state index contributed by atoms with van der Waals surface area (Å²) in [5.41, 5.74) is 2.91. The minimum Gasteiger partial charge on any atom is -0.492 e. The van der Waals surface area contributed by atoms with E-state index in [0.717, 1.165) is 36.5 Å².